The van der Waals surface area contributed by atoms with Gasteiger partial charge in [0.05, 0.1) is 0 Å². The van der Waals surface area contributed by atoms with Crippen LogP contribution in [0.1, 0.15) is 41.7 Å². The number of likely N-dealkylation sites (tertiary alicyclic amines) is 1. The number of hydrogen-bond donors (Lipinski definition) is 0. The predicted octanol–water partition coefficient (Wildman–Crippen LogP) is 4.94. The van der Waals surface area contributed by atoms with E-state index in [4.69, 9.17) is 9.60 Å². The molecule has 28 heavy (non-hydrogen) atoms. The molecule has 0 atom stereocenters. The first kappa shape index (κ1) is 14.1. The van der Waals surface area contributed by atoms with Crippen LogP contribution < -0.4 is 4.90 Å². The van der Waals surface area contributed by atoms with E-state index >= 15 is 0 Å². The van der Waals surface area contributed by atoms with E-state index in [1.807, 2.05) is 18.2 Å². The number of piperidine rings is 1. The maximum atomic E-state index is 13.6. The Morgan fingerprint density at radius 1 is 1.18 bits per heavy atom. The smallest absolute Gasteiger partial charge is 0.229 e. The molecule has 1 heterocycles. The molecule has 1 amide bonds. The molecular weight excluding hydrogens is 375 g/mol. The number of halogens is 2. The predicted molar refractivity (Wildman–Crippen MR) is 116 cm³/mol. The van der Waals surface area contributed by atoms with Gasteiger partial charge in [0.2, 0.25) is 5.91 Å². The minimum Gasteiger partial charge on any atom is -0.309 e. The Hall–Kier alpha value is -1.91. The van der Waals surface area contributed by atoms with Crippen LogP contribution in [-0.2, 0) is 11.2 Å². The molecule has 0 saturated carbocycles. The summed E-state index contributed by atoms with van der Waals surface area (Å²) >= 11 is 0. The van der Waals surface area contributed by atoms with Gasteiger partial charge in [-0.25, -0.2) is 4.39 Å². The standard InChI is InChI=1S/C23H29FN2O.ClH/c1-18(2)23(27)26(21-10-8-20(24)9-11-21)22-13-16-25(17-14-22)15-12-19-6-4-3-5-7-19;/h3-11,18,22H,12-17H2,1-2H3;1H/i1D3,2D3,18D;. The largest absolute Gasteiger partial charge is 0.309 e. The summed E-state index contributed by atoms with van der Waals surface area (Å²) in [5, 5.41) is 0. The van der Waals surface area contributed by atoms with Crippen molar-refractivity contribution in [2.24, 2.45) is 5.89 Å². The van der Waals surface area contributed by atoms with Crippen LogP contribution >= 0.6 is 12.4 Å². The first-order valence-electron chi connectivity index (χ1n) is 12.7. The summed E-state index contributed by atoms with van der Waals surface area (Å²) in [6.07, 6.45) is 1.80. The summed E-state index contributed by atoms with van der Waals surface area (Å²) in [6, 6.07) is 14.4. The molecule has 2 aromatic carbocycles. The van der Waals surface area contributed by atoms with Crippen molar-refractivity contribution in [1.82, 2.24) is 4.90 Å². The fourth-order valence-corrected chi connectivity index (χ4v) is 3.55. The van der Waals surface area contributed by atoms with E-state index < -0.39 is 37.4 Å². The lowest BCUT2D eigenvalue weighted by Crippen LogP contribution is -2.49. The molecule has 1 saturated heterocycles. The number of rotatable bonds is 6. The third-order valence-electron chi connectivity index (χ3n) is 5.02. The third kappa shape index (κ3) is 5.79. The molecule has 2 aromatic rings. The van der Waals surface area contributed by atoms with Gasteiger partial charge in [-0.3, -0.25) is 4.79 Å². The lowest BCUT2D eigenvalue weighted by atomic mass is 9.99. The van der Waals surface area contributed by atoms with Crippen molar-refractivity contribution in [3.05, 3.63) is 66.0 Å². The van der Waals surface area contributed by atoms with Crippen LogP contribution in [0, 0.1) is 11.7 Å². The van der Waals surface area contributed by atoms with Gasteiger partial charge in [0.25, 0.3) is 0 Å². The number of amides is 1. The van der Waals surface area contributed by atoms with Gasteiger partial charge in [0.1, 0.15) is 5.82 Å². The van der Waals surface area contributed by atoms with Crippen LogP contribution in [0.2, 0.25) is 0 Å². The van der Waals surface area contributed by atoms with Crippen LogP contribution in [0.3, 0.4) is 0 Å². The Bertz CT molecular complexity index is 949. The molecule has 1 fully saturated rings. The fourth-order valence-electron chi connectivity index (χ4n) is 3.55. The van der Waals surface area contributed by atoms with Gasteiger partial charge in [-0.05, 0) is 49.1 Å². The zero-order valence-corrected chi connectivity index (χ0v) is 16.4. The van der Waals surface area contributed by atoms with Gasteiger partial charge in [0.15, 0.2) is 0 Å². The maximum absolute atomic E-state index is 13.6. The second kappa shape index (κ2) is 10.6. The summed E-state index contributed by atoms with van der Waals surface area (Å²) in [5.74, 6) is -5.21. The van der Waals surface area contributed by atoms with Crippen molar-refractivity contribution < 1.29 is 18.8 Å². The number of nitrogens with zero attached hydrogens (tertiary/aromatic N) is 2. The van der Waals surface area contributed by atoms with E-state index in [2.05, 4.69) is 17.0 Å². The molecule has 0 aromatic heterocycles. The second-order valence-electron chi connectivity index (χ2n) is 6.83. The van der Waals surface area contributed by atoms with Gasteiger partial charge >= 0.3 is 0 Å². The second-order valence-corrected chi connectivity index (χ2v) is 6.83. The molecule has 1 aliphatic rings. The van der Waals surface area contributed by atoms with Gasteiger partial charge < -0.3 is 9.80 Å². The summed E-state index contributed by atoms with van der Waals surface area (Å²) in [6.45, 7) is -4.72. The van der Waals surface area contributed by atoms with E-state index in [1.165, 1.54) is 17.7 Å². The molecule has 0 N–H and O–H groups in total. The number of anilines is 1. The van der Waals surface area contributed by atoms with Gasteiger partial charge in [0, 0.05) is 46.9 Å². The van der Waals surface area contributed by atoms with Crippen molar-refractivity contribution in [3.63, 3.8) is 0 Å². The lowest BCUT2D eigenvalue weighted by molar-refractivity contribution is -0.122. The van der Waals surface area contributed by atoms with Crippen LogP contribution in [0.4, 0.5) is 10.1 Å². The summed E-state index contributed by atoms with van der Waals surface area (Å²) in [5.41, 5.74) is 1.39. The van der Waals surface area contributed by atoms with Gasteiger partial charge in [-0.15, -0.1) is 12.4 Å². The Morgan fingerprint density at radius 2 is 1.82 bits per heavy atom. The average Bonchev–Trinajstić information content (AvgIpc) is 2.78. The number of benzene rings is 2. The highest BCUT2D eigenvalue weighted by atomic mass is 35.5. The van der Waals surface area contributed by atoms with Crippen molar-refractivity contribution in [3.8, 4) is 0 Å². The zero-order valence-electron chi connectivity index (χ0n) is 22.6. The number of hydrogen-bond acceptors (Lipinski definition) is 2. The van der Waals surface area contributed by atoms with E-state index in [0.717, 1.165) is 30.0 Å². The monoisotopic (exact) mass is 411 g/mol. The highest BCUT2D eigenvalue weighted by Gasteiger charge is 2.30. The maximum Gasteiger partial charge on any atom is 0.229 e. The van der Waals surface area contributed by atoms with E-state index in [0.29, 0.717) is 25.9 Å². The minimum atomic E-state index is -3.38. The molecule has 0 bridgehead atoms. The first-order chi connectivity index (χ1) is 15.8. The Kier molecular flexibility index (Phi) is 5.34. The lowest BCUT2D eigenvalue weighted by Gasteiger charge is -2.39. The minimum absolute atomic E-state index is 0. The SMILES string of the molecule is Cl.[2H]C([2H])([2H])C([2H])(C(=O)N(c1ccc(F)cc1)C1CCN(CCc2ccccc2)CC1)C([2H])([2H])[2H]. The number of carbonyl (C=O) groups is 1. The third-order valence-corrected chi connectivity index (χ3v) is 5.02. The van der Waals surface area contributed by atoms with Gasteiger partial charge in [-0.1, -0.05) is 44.0 Å². The fraction of sp³-hybridized carbons (Fsp3) is 0.435. The van der Waals surface area contributed by atoms with Crippen LogP contribution in [0.15, 0.2) is 54.6 Å². The molecule has 1 aliphatic heterocycles. The molecule has 5 heteroatoms. The molecular formula is C23H30ClFN2O. The van der Waals surface area contributed by atoms with Crippen LogP contribution in [0.25, 0.3) is 0 Å². The normalized spacial score (nSPS) is 20.2. The summed E-state index contributed by atoms with van der Waals surface area (Å²) in [7, 11) is 0. The summed E-state index contributed by atoms with van der Waals surface area (Å²) < 4.78 is 68.2. The number of carbonyl (C=O) groups excluding carboxylic acids is 1. The Morgan fingerprint density at radius 3 is 2.43 bits per heavy atom. The quantitative estimate of drug-likeness (QED) is 0.671. The van der Waals surface area contributed by atoms with E-state index in [9.17, 15) is 9.18 Å². The van der Waals surface area contributed by atoms with Crippen LogP contribution in [0.5, 0.6) is 0 Å². The first-order valence-corrected chi connectivity index (χ1v) is 9.20. The average molecular weight is 412 g/mol. The molecule has 3 nitrogen and oxygen atoms in total. The van der Waals surface area contributed by atoms with Crippen LogP contribution in [-0.4, -0.2) is 36.5 Å². The molecule has 152 valence electrons. The molecule has 3 rings (SSSR count). The Balaban J connectivity index is 0.00000432. The molecule has 0 unspecified atom stereocenters. The molecule has 0 radical (unpaired) electrons. The highest BCUT2D eigenvalue weighted by molar-refractivity contribution is 5.95. The molecule has 0 aliphatic carbocycles. The van der Waals surface area contributed by atoms with E-state index in [1.54, 1.807) is 0 Å². The van der Waals surface area contributed by atoms with Gasteiger partial charge in [-0.2, -0.15) is 0 Å². The van der Waals surface area contributed by atoms with Crippen molar-refractivity contribution in [1.29, 1.82) is 0 Å². The Labute approximate surface area is 183 Å². The topological polar surface area (TPSA) is 23.6 Å². The molecule has 0 spiro atoms. The van der Waals surface area contributed by atoms with Crippen molar-refractivity contribution in [2.75, 3.05) is 24.5 Å². The summed E-state index contributed by atoms with van der Waals surface area (Å²) in [4.78, 5) is 16.9. The van der Waals surface area contributed by atoms with Crippen molar-refractivity contribution >= 4 is 24.0 Å². The zero-order chi connectivity index (χ0) is 25.1. The van der Waals surface area contributed by atoms with Crippen molar-refractivity contribution in [2.45, 2.75) is 39.0 Å². The highest BCUT2D eigenvalue weighted by Crippen LogP contribution is 2.26. The van der Waals surface area contributed by atoms with E-state index in [-0.39, 0.29) is 18.1 Å².